The highest BCUT2D eigenvalue weighted by Gasteiger charge is 2.11. The van der Waals surface area contributed by atoms with Crippen molar-refractivity contribution in [1.82, 2.24) is 4.98 Å². The second-order valence-electron chi connectivity index (χ2n) is 2.75. The molecule has 0 saturated heterocycles. The molecule has 0 fully saturated rings. The lowest BCUT2D eigenvalue weighted by molar-refractivity contribution is 0.475. The van der Waals surface area contributed by atoms with Crippen LogP contribution in [0.15, 0.2) is 23.6 Å². The summed E-state index contributed by atoms with van der Waals surface area (Å²) in [6.07, 6.45) is 2.60. The molecule has 75 valence electrons. The maximum Gasteiger partial charge on any atom is 0.279 e. The highest BCUT2D eigenvalue weighted by atomic mass is 32.1. The number of para-hydroxylation sites is 1. The number of benzene rings is 1. The van der Waals surface area contributed by atoms with E-state index in [-0.39, 0.29) is 5.75 Å². The summed E-state index contributed by atoms with van der Waals surface area (Å²) >= 11 is 1.25. The van der Waals surface area contributed by atoms with Crippen molar-refractivity contribution in [3.8, 4) is 23.1 Å². The van der Waals surface area contributed by atoms with E-state index in [1.165, 1.54) is 11.3 Å². The molecule has 0 aliphatic carbocycles. The van der Waals surface area contributed by atoms with Gasteiger partial charge < -0.3 is 4.74 Å². The zero-order chi connectivity index (χ0) is 11.4. The average molecular weight is 226 g/mol. The molecular formula is C11H4N3OS. The Morgan fingerprint density at radius 2 is 1.94 bits per heavy atom. The van der Waals surface area contributed by atoms with E-state index in [2.05, 4.69) is 11.2 Å². The molecule has 1 aromatic heterocycles. The number of nitriles is 2. The average Bonchev–Trinajstić information content (AvgIpc) is 2.82. The highest BCUT2D eigenvalue weighted by Crippen LogP contribution is 2.29. The lowest BCUT2D eigenvalue weighted by Crippen LogP contribution is -1.91. The Bertz CT molecular complexity index is 546. The third-order valence-electron chi connectivity index (χ3n) is 1.81. The van der Waals surface area contributed by atoms with Gasteiger partial charge in [-0.1, -0.05) is 17.4 Å². The molecule has 4 nitrogen and oxygen atoms in total. The Labute approximate surface area is 96.0 Å². The predicted octanol–water partition coefficient (Wildman–Crippen LogP) is 2.48. The van der Waals surface area contributed by atoms with Gasteiger partial charge in [-0.2, -0.15) is 10.5 Å². The Kier molecular flexibility index (Phi) is 2.81. The summed E-state index contributed by atoms with van der Waals surface area (Å²) in [5.74, 6) is 0.246. The van der Waals surface area contributed by atoms with E-state index >= 15 is 0 Å². The summed E-state index contributed by atoms with van der Waals surface area (Å²) in [6.45, 7) is 0. The van der Waals surface area contributed by atoms with E-state index in [0.717, 1.165) is 0 Å². The lowest BCUT2D eigenvalue weighted by Gasteiger charge is -2.05. The molecule has 0 unspecified atom stereocenters. The number of nitrogens with zero attached hydrogens (tertiary/aromatic N) is 3. The van der Waals surface area contributed by atoms with E-state index in [1.807, 2.05) is 12.1 Å². The molecule has 2 aromatic rings. The zero-order valence-corrected chi connectivity index (χ0v) is 8.78. The highest BCUT2D eigenvalue weighted by molar-refractivity contribution is 7.11. The number of thiazole rings is 1. The van der Waals surface area contributed by atoms with Gasteiger partial charge in [0.2, 0.25) is 0 Å². The van der Waals surface area contributed by atoms with Crippen molar-refractivity contribution >= 4 is 11.3 Å². The summed E-state index contributed by atoms with van der Waals surface area (Å²) in [7, 11) is 0. The molecule has 0 aliphatic rings. The Morgan fingerprint density at radius 1 is 1.25 bits per heavy atom. The van der Waals surface area contributed by atoms with Gasteiger partial charge in [0, 0.05) is 5.38 Å². The largest absolute Gasteiger partial charge is 0.428 e. The molecule has 2 rings (SSSR count). The summed E-state index contributed by atoms with van der Waals surface area (Å²) < 4.78 is 5.39. The second-order valence-corrected chi connectivity index (χ2v) is 3.57. The van der Waals surface area contributed by atoms with Crippen molar-refractivity contribution < 1.29 is 4.74 Å². The first-order chi connectivity index (χ1) is 7.85. The van der Waals surface area contributed by atoms with Gasteiger partial charge in [0.05, 0.1) is 11.1 Å². The third-order valence-corrected chi connectivity index (χ3v) is 2.41. The quantitative estimate of drug-likeness (QED) is 0.788. The van der Waals surface area contributed by atoms with Crippen molar-refractivity contribution in [3.63, 3.8) is 0 Å². The molecule has 16 heavy (non-hydrogen) atoms. The monoisotopic (exact) mass is 226 g/mol. The molecule has 0 aliphatic heterocycles. The fourth-order valence-electron chi connectivity index (χ4n) is 1.14. The zero-order valence-electron chi connectivity index (χ0n) is 7.97. The number of aromatic nitrogens is 1. The van der Waals surface area contributed by atoms with Crippen LogP contribution in [-0.2, 0) is 0 Å². The van der Waals surface area contributed by atoms with Crippen LogP contribution in [0.4, 0.5) is 0 Å². The molecule has 1 heterocycles. The third kappa shape index (κ3) is 1.85. The maximum atomic E-state index is 8.90. The SMILES string of the molecule is N#Cc1cccc(C#N)c1Oc1n[c]cs1. The molecule has 0 saturated carbocycles. The van der Waals surface area contributed by atoms with Crippen molar-refractivity contribution in [2.24, 2.45) is 0 Å². The van der Waals surface area contributed by atoms with Gasteiger partial charge in [0.1, 0.15) is 18.3 Å². The summed E-state index contributed by atoms with van der Waals surface area (Å²) in [6, 6.07) is 8.76. The van der Waals surface area contributed by atoms with Crippen LogP contribution in [0.5, 0.6) is 10.9 Å². The summed E-state index contributed by atoms with van der Waals surface area (Å²) in [5, 5.41) is 19.8. The molecule has 1 aromatic carbocycles. The number of hydrogen-bond acceptors (Lipinski definition) is 5. The standard InChI is InChI=1S/C11H4N3OS/c12-6-8-2-1-3-9(7-13)10(8)15-11-14-4-5-16-11/h1-3,5H. The fourth-order valence-corrected chi connectivity index (χ4v) is 1.58. The molecular weight excluding hydrogens is 222 g/mol. The van der Waals surface area contributed by atoms with E-state index in [9.17, 15) is 0 Å². The van der Waals surface area contributed by atoms with E-state index in [0.29, 0.717) is 16.3 Å². The van der Waals surface area contributed by atoms with Crippen LogP contribution in [0.3, 0.4) is 0 Å². The molecule has 0 atom stereocenters. The normalized spacial score (nSPS) is 9.12. The van der Waals surface area contributed by atoms with Gasteiger partial charge in [-0.3, -0.25) is 0 Å². The minimum Gasteiger partial charge on any atom is -0.428 e. The Hall–Kier alpha value is -2.37. The smallest absolute Gasteiger partial charge is 0.279 e. The molecule has 0 amide bonds. The van der Waals surface area contributed by atoms with E-state index in [4.69, 9.17) is 15.3 Å². The van der Waals surface area contributed by atoms with Crippen LogP contribution in [0.1, 0.15) is 11.1 Å². The first-order valence-corrected chi connectivity index (χ1v) is 5.15. The van der Waals surface area contributed by atoms with Crippen LogP contribution in [-0.4, -0.2) is 4.98 Å². The van der Waals surface area contributed by atoms with E-state index < -0.39 is 0 Å². The molecule has 0 N–H and O–H groups in total. The Morgan fingerprint density at radius 3 is 2.44 bits per heavy atom. The van der Waals surface area contributed by atoms with Crippen molar-refractivity contribution in [2.75, 3.05) is 0 Å². The van der Waals surface area contributed by atoms with Crippen molar-refractivity contribution in [3.05, 3.63) is 40.9 Å². The molecule has 1 radical (unpaired) electrons. The fraction of sp³-hybridized carbons (Fsp3) is 0. The van der Waals surface area contributed by atoms with Crippen LogP contribution < -0.4 is 4.74 Å². The topological polar surface area (TPSA) is 69.7 Å². The van der Waals surface area contributed by atoms with Gasteiger partial charge in [0.15, 0.2) is 5.75 Å². The van der Waals surface area contributed by atoms with Crippen molar-refractivity contribution in [1.29, 1.82) is 10.5 Å². The van der Waals surface area contributed by atoms with E-state index in [1.54, 1.807) is 23.6 Å². The number of ether oxygens (including phenoxy) is 1. The molecule has 0 bridgehead atoms. The minimum atomic E-state index is 0.246. The molecule has 5 heteroatoms. The summed E-state index contributed by atoms with van der Waals surface area (Å²) in [5.41, 5.74) is 0.628. The van der Waals surface area contributed by atoms with Gasteiger partial charge >= 0.3 is 0 Å². The predicted molar refractivity (Wildman–Crippen MR) is 56.9 cm³/mol. The van der Waals surface area contributed by atoms with Crippen molar-refractivity contribution in [2.45, 2.75) is 0 Å². The van der Waals surface area contributed by atoms with Crippen LogP contribution >= 0.6 is 11.3 Å². The van der Waals surface area contributed by atoms with Gasteiger partial charge in [-0.15, -0.1) is 0 Å². The van der Waals surface area contributed by atoms with Gasteiger partial charge in [-0.05, 0) is 12.1 Å². The first-order valence-electron chi connectivity index (χ1n) is 4.28. The van der Waals surface area contributed by atoms with Crippen LogP contribution in [0.25, 0.3) is 0 Å². The Balaban J connectivity index is 2.47. The first kappa shape index (κ1) is 10.2. The lowest BCUT2D eigenvalue weighted by atomic mass is 10.1. The maximum absolute atomic E-state index is 8.90. The van der Waals surface area contributed by atoms with Crippen LogP contribution in [0.2, 0.25) is 0 Å². The van der Waals surface area contributed by atoms with Crippen LogP contribution in [0, 0.1) is 28.9 Å². The number of rotatable bonds is 2. The molecule has 0 spiro atoms. The number of hydrogen-bond donors (Lipinski definition) is 0. The van der Waals surface area contributed by atoms with Gasteiger partial charge in [-0.25, -0.2) is 4.98 Å². The summed E-state index contributed by atoms with van der Waals surface area (Å²) in [4.78, 5) is 3.81. The second kappa shape index (κ2) is 4.43. The van der Waals surface area contributed by atoms with Gasteiger partial charge in [0.25, 0.3) is 5.19 Å². The minimum absolute atomic E-state index is 0.246.